The van der Waals surface area contributed by atoms with Gasteiger partial charge in [0, 0.05) is 11.3 Å². The lowest BCUT2D eigenvalue weighted by Gasteiger charge is -2.12. The van der Waals surface area contributed by atoms with E-state index in [0.717, 1.165) is 0 Å². The van der Waals surface area contributed by atoms with E-state index in [0.29, 0.717) is 20.1 Å². The Morgan fingerprint density at radius 1 is 1.23 bits per heavy atom. The molecule has 0 bridgehead atoms. The highest BCUT2D eigenvalue weighted by molar-refractivity contribution is 14.1. The van der Waals surface area contributed by atoms with Gasteiger partial charge in [0.15, 0.2) is 5.16 Å². The Balaban J connectivity index is 2.48. The van der Waals surface area contributed by atoms with Crippen LogP contribution < -0.4 is 16.8 Å². The number of thioether (sulfide) groups is 1. The van der Waals surface area contributed by atoms with Crippen LogP contribution in [0.1, 0.15) is 20.7 Å². The van der Waals surface area contributed by atoms with E-state index >= 15 is 0 Å². The van der Waals surface area contributed by atoms with Crippen molar-refractivity contribution in [2.75, 3.05) is 11.6 Å². The molecule has 0 unspecified atom stereocenters. The molecule has 0 aliphatic carbocycles. The van der Waals surface area contributed by atoms with E-state index in [1.807, 2.05) is 28.8 Å². The smallest absolute Gasteiger partial charge is 0.255 e. The summed E-state index contributed by atoms with van der Waals surface area (Å²) < 4.78 is 0.456. The van der Waals surface area contributed by atoms with Crippen LogP contribution in [0.4, 0.5) is 11.5 Å². The molecule has 9 heteroatoms. The van der Waals surface area contributed by atoms with Gasteiger partial charge in [0.1, 0.15) is 15.1 Å². The second-order valence-corrected chi connectivity index (χ2v) is 5.95. The molecule has 22 heavy (non-hydrogen) atoms. The van der Waals surface area contributed by atoms with Crippen LogP contribution in [0.3, 0.4) is 0 Å². The lowest BCUT2D eigenvalue weighted by molar-refractivity contribution is 0.0991. The van der Waals surface area contributed by atoms with Gasteiger partial charge in [-0.15, -0.1) is 0 Å². The van der Waals surface area contributed by atoms with E-state index in [-0.39, 0.29) is 11.4 Å². The molecular formula is C13H12IN5O2S. The average Bonchev–Trinajstić information content (AvgIpc) is 2.46. The SMILES string of the molecule is CSc1nc(I)c(C(N)=O)c(Nc2cccc(C(N)=O)c2)n1. The van der Waals surface area contributed by atoms with Crippen molar-refractivity contribution in [3.8, 4) is 0 Å². The average molecular weight is 429 g/mol. The quantitative estimate of drug-likeness (QED) is 0.288. The van der Waals surface area contributed by atoms with Crippen molar-refractivity contribution in [1.29, 1.82) is 0 Å². The van der Waals surface area contributed by atoms with E-state index in [4.69, 9.17) is 11.5 Å². The summed E-state index contributed by atoms with van der Waals surface area (Å²) >= 11 is 3.27. The summed E-state index contributed by atoms with van der Waals surface area (Å²) in [6, 6.07) is 6.57. The standard InChI is InChI=1S/C13H12IN5O2S/c1-22-13-18-9(14)8(11(16)21)12(19-13)17-7-4-2-3-6(5-7)10(15)20/h2-5H,1H3,(H2,15,20)(H2,16,21)(H,17,18,19). The summed E-state index contributed by atoms with van der Waals surface area (Å²) in [6.45, 7) is 0. The van der Waals surface area contributed by atoms with E-state index in [1.54, 1.807) is 24.3 Å². The predicted molar refractivity (Wildman–Crippen MR) is 93.3 cm³/mol. The first-order valence-corrected chi connectivity index (χ1v) is 8.31. The minimum atomic E-state index is -0.634. The molecule has 0 aliphatic heterocycles. The number of primary amides is 2. The Hall–Kier alpha value is -1.88. The Kier molecular flexibility index (Phi) is 5.19. The number of anilines is 2. The van der Waals surface area contributed by atoms with E-state index in [1.165, 1.54) is 11.8 Å². The predicted octanol–water partition coefficient (Wildman–Crippen LogP) is 1.74. The number of aromatic nitrogens is 2. The Labute approximate surface area is 144 Å². The van der Waals surface area contributed by atoms with Crippen LogP contribution in [-0.2, 0) is 0 Å². The molecule has 1 aromatic heterocycles. The summed E-state index contributed by atoms with van der Waals surface area (Å²) in [4.78, 5) is 31.3. The van der Waals surface area contributed by atoms with Crippen LogP contribution in [0.15, 0.2) is 29.4 Å². The largest absolute Gasteiger partial charge is 0.366 e. The van der Waals surface area contributed by atoms with E-state index < -0.39 is 11.8 Å². The van der Waals surface area contributed by atoms with E-state index in [2.05, 4.69) is 15.3 Å². The van der Waals surface area contributed by atoms with Crippen LogP contribution >= 0.6 is 34.4 Å². The van der Waals surface area contributed by atoms with Crippen molar-refractivity contribution in [2.24, 2.45) is 11.5 Å². The third-order valence-corrected chi connectivity index (χ3v) is 4.01. The van der Waals surface area contributed by atoms with Gasteiger partial charge in [-0.3, -0.25) is 9.59 Å². The molecule has 0 aliphatic rings. The van der Waals surface area contributed by atoms with Gasteiger partial charge in [-0.1, -0.05) is 17.8 Å². The number of amides is 2. The first kappa shape index (κ1) is 16.5. The Morgan fingerprint density at radius 3 is 2.55 bits per heavy atom. The molecule has 0 saturated carbocycles. The van der Waals surface area contributed by atoms with Crippen molar-refractivity contribution in [3.05, 3.63) is 39.1 Å². The monoisotopic (exact) mass is 429 g/mol. The van der Waals surface area contributed by atoms with Crippen molar-refractivity contribution in [1.82, 2.24) is 9.97 Å². The maximum Gasteiger partial charge on any atom is 0.255 e. The van der Waals surface area contributed by atoms with Crippen LogP contribution in [0.5, 0.6) is 0 Å². The lowest BCUT2D eigenvalue weighted by Crippen LogP contribution is -2.18. The number of rotatable bonds is 5. The second kappa shape index (κ2) is 6.92. The van der Waals surface area contributed by atoms with Gasteiger partial charge in [0.2, 0.25) is 5.91 Å². The van der Waals surface area contributed by atoms with Gasteiger partial charge in [-0.25, -0.2) is 9.97 Å². The lowest BCUT2D eigenvalue weighted by atomic mass is 10.2. The number of nitrogens with zero attached hydrogens (tertiary/aromatic N) is 2. The minimum Gasteiger partial charge on any atom is -0.366 e. The third kappa shape index (κ3) is 3.65. The fraction of sp³-hybridized carbons (Fsp3) is 0.0769. The number of nitrogens with one attached hydrogen (secondary N) is 1. The summed E-state index contributed by atoms with van der Waals surface area (Å²) in [5.74, 6) is -0.885. The molecule has 0 saturated heterocycles. The first-order valence-electron chi connectivity index (χ1n) is 6.00. The summed E-state index contributed by atoms with van der Waals surface area (Å²) in [5.41, 5.74) is 11.8. The molecule has 7 nitrogen and oxygen atoms in total. The molecule has 0 radical (unpaired) electrons. The highest BCUT2D eigenvalue weighted by Gasteiger charge is 2.17. The third-order valence-electron chi connectivity index (χ3n) is 2.68. The number of carbonyl (C=O) groups is 2. The van der Waals surface area contributed by atoms with Gasteiger partial charge in [-0.2, -0.15) is 0 Å². The molecule has 2 rings (SSSR count). The highest BCUT2D eigenvalue weighted by Crippen LogP contribution is 2.25. The zero-order valence-electron chi connectivity index (χ0n) is 11.5. The minimum absolute atomic E-state index is 0.197. The molecule has 1 aromatic carbocycles. The fourth-order valence-electron chi connectivity index (χ4n) is 1.70. The van der Waals surface area contributed by atoms with Crippen molar-refractivity contribution < 1.29 is 9.59 Å². The van der Waals surface area contributed by atoms with Gasteiger partial charge in [-0.05, 0) is 47.0 Å². The topological polar surface area (TPSA) is 124 Å². The second-order valence-electron chi connectivity index (χ2n) is 4.16. The molecular weight excluding hydrogens is 417 g/mol. The molecule has 1 heterocycles. The van der Waals surface area contributed by atoms with Gasteiger partial charge in [0.25, 0.3) is 5.91 Å². The number of hydrogen-bond acceptors (Lipinski definition) is 6. The molecule has 0 spiro atoms. The van der Waals surface area contributed by atoms with Gasteiger partial charge < -0.3 is 16.8 Å². The van der Waals surface area contributed by atoms with Crippen LogP contribution in [0, 0.1) is 3.70 Å². The fourth-order valence-corrected chi connectivity index (χ4v) is 2.98. The van der Waals surface area contributed by atoms with Crippen LogP contribution in [0.2, 0.25) is 0 Å². The van der Waals surface area contributed by atoms with E-state index in [9.17, 15) is 9.59 Å². The Bertz CT molecular complexity index is 753. The summed E-state index contributed by atoms with van der Waals surface area (Å²) in [6.07, 6.45) is 1.83. The maximum absolute atomic E-state index is 11.6. The number of hydrogen-bond donors (Lipinski definition) is 3. The summed E-state index contributed by atoms with van der Waals surface area (Å²) in [5, 5.41) is 3.49. The Morgan fingerprint density at radius 2 is 1.95 bits per heavy atom. The van der Waals surface area contributed by atoms with Crippen molar-refractivity contribution >= 4 is 57.7 Å². The van der Waals surface area contributed by atoms with Crippen molar-refractivity contribution in [2.45, 2.75) is 5.16 Å². The number of nitrogens with two attached hydrogens (primary N) is 2. The molecule has 114 valence electrons. The summed E-state index contributed by atoms with van der Waals surface area (Å²) in [7, 11) is 0. The first-order chi connectivity index (χ1) is 10.4. The molecule has 2 amide bonds. The van der Waals surface area contributed by atoms with Gasteiger partial charge in [0.05, 0.1) is 0 Å². The maximum atomic E-state index is 11.6. The number of benzene rings is 1. The van der Waals surface area contributed by atoms with Crippen LogP contribution in [-0.4, -0.2) is 28.0 Å². The van der Waals surface area contributed by atoms with Gasteiger partial charge >= 0.3 is 0 Å². The molecule has 0 fully saturated rings. The molecule has 0 atom stereocenters. The number of halogens is 1. The van der Waals surface area contributed by atoms with Crippen LogP contribution in [0.25, 0.3) is 0 Å². The molecule has 2 aromatic rings. The zero-order valence-corrected chi connectivity index (χ0v) is 14.4. The number of carbonyl (C=O) groups excluding carboxylic acids is 2. The van der Waals surface area contributed by atoms with Crippen molar-refractivity contribution in [3.63, 3.8) is 0 Å². The highest BCUT2D eigenvalue weighted by atomic mass is 127. The molecule has 5 N–H and O–H groups in total. The normalized spacial score (nSPS) is 10.3. The zero-order chi connectivity index (χ0) is 16.3.